The van der Waals surface area contributed by atoms with Gasteiger partial charge in [-0.05, 0) is 53.6 Å². The highest BCUT2D eigenvalue weighted by Crippen LogP contribution is 2.36. The number of nitro groups is 1. The summed E-state index contributed by atoms with van der Waals surface area (Å²) in [6, 6.07) is 11.4. The number of nitrogens with zero attached hydrogens (tertiary/aromatic N) is 3. The van der Waals surface area contributed by atoms with Crippen LogP contribution in [0.3, 0.4) is 0 Å². The van der Waals surface area contributed by atoms with E-state index in [0.717, 1.165) is 6.42 Å². The van der Waals surface area contributed by atoms with E-state index in [2.05, 4.69) is 13.8 Å². The summed E-state index contributed by atoms with van der Waals surface area (Å²) in [4.78, 5) is 40.6. The third-order valence-corrected chi connectivity index (χ3v) is 5.95. The van der Waals surface area contributed by atoms with Crippen LogP contribution in [0.15, 0.2) is 54.2 Å². The number of carbonyl (C=O) groups excluding carboxylic acids is 2. The maximum absolute atomic E-state index is 13.5. The van der Waals surface area contributed by atoms with Crippen LogP contribution >= 0.6 is 0 Å². The van der Waals surface area contributed by atoms with E-state index in [1.54, 1.807) is 12.1 Å². The number of benzene rings is 2. The Morgan fingerprint density at radius 3 is 2.12 bits per heavy atom. The Morgan fingerprint density at radius 2 is 1.56 bits per heavy atom. The van der Waals surface area contributed by atoms with Gasteiger partial charge in [-0.3, -0.25) is 24.6 Å². The van der Waals surface area contributed by atoms with Gasteiger partial charge in [0.25, 0.3) is 17.5 Å². The lowest BCUT2D eigenvalue weighted by molar-refractivity contribution is -0.384. The third kappa shape index (κ3) is 4.12. The molecule has 2 aromatic rings. The molecule has 2 atom stereocenters. The highest BCUT2D eigenvalue weighted by molar-refractivity contribution is 6.35. The average molecular weight is 437 g/mol. The molecule has 1 saturated heterocycles. The summed E-state index contributed by atoms with van der Waals surface area (Å²) in [6.07, 6.45) is 1.04. The summed E-state index contributed by atoms with van der Waals surface area (Å²) in [5, 5.41) is 11.0. The number of likely N-dealkylation sites (tertiary alicyclic amines) is 1. The van der Waals surface area contributed by atoms with E-state index < -0.39 is 22.6 Å². The van der Waals surface area contributed by atoms with E-state index in [4.69, 9.17) is 0 Å². The minimum atomic E-state index is -0.504. The number of carbonyl (C=O) groups is 2. The number of non-ortho nitro benzene ring substituents is 1. The second kappa shape index (κ2) is 8.53. The van der Waals surface area contributed by atoms with E-state index in [0.29, 0.717) is 41.7 Å². The maximum atomic E-state index is 13.5. The summed E-state index contributed by atoms with van der Waals surface area (Å²) in [5.74, 6) is -0.519. The monoisotopic (exact) mass is 437 g/mol. The van der Waals surface area contributed by atoms with Crippen LogP contribution < -0.4 is 0 Å². The summed E-state index contributed by atoms with van der Waals surface area (Å²) < 4.78 is 13.3. The van der Waals surface area contributed by atoms with Crippen molar-refractivity contribution in [1.82, 2.24) is 9.80 Å². The SMILES string of the molecule is CC1CC(C)CN(C2=C(c3ccc([N+](=O)[O-])cc3)C(=O)N(Cc3ccc(F)cc3)C2=O)C1. The highest BCUT2D eigenvalue weighted by Gasteiger charge is 2.42. The molecule has 166 valence electrons. The fraction of sp³-hybridized carbons (Fsp3) is 0.333. The Labute approximate surface area is 185 Å². The molecule has 0 bridgehead atoms. The summed E-state index contributed by atoms with van der Waals surface area (Å²) >= 11 is 0. The van der Waals surface area contributed by atoms with E-state index in [1.807, 2.05) is 4.90 Å². The molecule has 0 N–H and O–H groups in total. The summed E-state index contributed by atoms with van der Waals surface area (Å²) in [7, 11) is 0. The third-order valence-electron chi connectivity index (χ3n) is 5.95. The van der Waals surface area contributed by atoms with Crippen LogP contribution in [0.5, 0.6) is 0 Å². The largest absolute Gasteiger partial charge is 0.366 e. The normalized spacial score (nSPS) is 21.5. The molecule has 4 rings (SSSR count). The lowest BCUT2D eigenvalue weighted by Crippen LogP contribution is -2.41. The van der Waals surface area contributed by atoms with Crippen LogP contribution in [-0.4, -0.2) is 39.6 Å². The number of amides is 2. The van der Waals surface area contributed by atoms with Crippen LogP contribution in [0.2, 0.25) is 0 Å². The standard InChI is InChI=1S/C24H24FN3O4/c1-15-11-16(2)13-26(12-15)22-21(18-5-9-20(10-6-18)28(31)32)23(29)27(24(22)30)14-17-3-7-19(25)8-4-17/h3-10,15-16H,11-14H2,1-2H3. The highest BCUT2D eigenvalue weighted by atomic mass is 19.1. The molecule has 8 heteroatoms. The topological polar surface area (TPSA) is 83.8 Å². The molecule has 0 spiro atoms. The lowest BCUT2D eigenvalue weighted by Gasteiger charge is -2.37. The van der Waals surface area contributed by atoms with Crippen molar-refractivity contribution in [3.05, 3.63) is 81.3 Å². The lowest BCUT2D eigenvalue weighted by atomic mass is 9.91. The Kier molecular flexibility index (Phi) is 5.78. The van der Waals surface area contributed by atoms with Crippen molar-refractivity contribution in [3.63, 3.8) is 0 Å². The van der Waals surface area contributed by atoms with E-state index >= 15 is 0 Å². The second-order valence-corrected chi connectivity index (χ2v) is 8.70. The van der Waals surface area contributed by atoms with Gasteiger partial charge in [-0.2, -0.15) is 0 Å². The molecule has 7 nitrogen and oxygen atoms in total. The smallest absolute Gasteiger partial charge is 0.278 e. The van der Waals surface area contributed by atoms with E-state index in [-0.39, 0.29) is 17.8 Å². The molecule has 0 saturated carbocycles. The first-order valence-electron chi connectivity index (χ1n) is 10.6. The van der Waals surface area contributed by atoms with Crippen LogP contribution in [0.25, 0.3) is 5.57 Å². The van der Waals surface area contributed by atoms with Crippen molar-refractivity contribution in [2.75, 3.05) is 13.1 Å². The van der Waals surface area contributed by atoms with E-state index in [1.165, 1.54) is 41.3 Å². The molecule has 0 aliphatic carbocycles. The van der Waals surface area contributed by atoms with Gasteiger partial charge in [0, 0.05) is 25.2 Å². The molecule has 2 aliphatic heterocycles. The Bertz CT molecular complexity index is 1090. The van der Waals surface area contributed by atoms with Crippen molar-refractivity contribution < 1.29 is 18.9 Å². The number of rotatable bonds is 5. The van der Waals surface area contributed by atoms with Crippen molar-refractivity contribution in [2.24, 2.45) is 11.8 Å². The number of imide groups is 1. The molecular weight excluding hydrogens is 413 g/mol. The van der Waals surface area contributed by atoms with Crippen LogP contribution in [0, 0.1) is 27.8 Å². The molecule has 32 heavy (non-hydrogen) atoms. The molecular formula is C24H24FN3O4. The zero-order valence-electron chi connectivity index (χ0n) is 18.0. The molecule has 0 aromatic heterocycles. The number of piperidine rings is 1. The maximum Gasteiger partial charge on any atom is 0.278 e. The Morgan fingerprint density at radius 1 is 0.969 bits per heavy atom. The molecule has 0 radical (unpaired) electrons. The van der Waals surface area contributed by atoms with Gasteiger partial charge in [0.15, 0.2) is 0 Å². The van der Waals surface area contributed by atoms with Gasteiger partial charge in [-0.1, -0.05) is 26.0 Å². The zero-order valence-corrected chi connectivity index (χ0v) is 18.0. The minimum Gasteiger partial charge on any atom is -0.366 e. The van der Waals surface area contributed by atoms with Crippen molar-refractivity contribution in [2.45, 2.75) is 26.8 Å². The van der Waals surface area contributed by atoms with Gasteiger partial charge < -0.3 is 4.90 Å². The Hall–Kier alpha value is -3.55. The van der Waals surface area contributed by atoms with Gasteiger partial charge in [0.05, 0.1) is 17.0 Å². The number of nitro benzene ring substituents is 1. The van der Waals surface area contributed by atoms with Crippen molar-refractivity contribution in [1.29, 1.82) is 0 Å². The van der Waals surface area contributed by atoms with Gasteiger partial charge in [0.2, 0.25) is 0 Å². The van der Waals surface area contributed by atoms with E-state index in [9.17, 15) is 24.1 Å². The molecule has 2 aliphatic rings. The van der Waals surface area contributed by atoms with Crippen LogP contribution in [-0.2, 0) is 16.1 Å². The fourth-order valence-electron chi connectivity index (χ4n) is 4.63. The summed E-state index contributed by atoms with van der Waals surface area (Å²) in [5.41, 5.74) is 1.61. The minimum absolute atomic E-state index is 0.0247. The predicted molar refractivity (Wildman–Crippen MR) is 116 cm³/mol. The quantitative estimate of drug-likeness (QED) is 0.401. The van der Waals surface area contributed by atoms with Crippen molar-refractivity contribution >= 4 is 23.1 Å². The summed E-state index contributed by atoms with van der Waals surface area (Å²) in [6.45, 7) is 5.56. The van der Waals surface area contributed by atoms with Crippen molar-refractivity contribution in [3.8, 4) is 0 Å². The fourth-order valence-corrected chi connectivity index (χ4v) is 4.63. The molecule has 2 amide bonds. The molecule has 2 aromatic carbocycles. The zero-order chi connectivity index (χ0) is 23.0. The first kappa shape index (κ1) is 21.7. The van der Waals surface area contributed by atoms with Gasteiger partial charge in [-0.15, -0.1) is 0 Å². The van der Waals surface area contributed by atoms with Crippen LogP contribution in [0.4, 0.5) is 10.1 Å². The predicted octanol–water partition coefficient (Wildman–Crippen LogP) is 3.99. The Balaban J connectivity index is 1.74. The van der Waals surface area contributed by atoms with Crippen LogP contribution in [0.1, 0.15) is 31.4 Å². The molecule has 2 heterocycles. The van der Waals surface area contributed by atoms with Gasteiger partial charge >= 0.3 is 0 Å². The number of hydrogen-bond donors (Lipinski definition) is 0. The first-order valence-corrected chi connectivity index (χ1v) is 10.6. The number of hydrogen-bond acceptors (Lipinski definition) is 5. The number of halogens is 1. The first-order chi connectivity index (χ1) is 15.2. The average Bonchev–Trinajstić information content (AvgIpc) is 2.99. The van der Waals surface area contributed by atoms with Gasteiger partial charge in [-0.25, -0.2) is 4.39 Å². The molecule has 2 unspecified atom stereocenters. The van der Waals surface area contributed by atoms with Gasteiger partial charge in [0.1, 0.15) is 11.5 Å². The second-order valence-electron chi connectivity index (χ2n) is 8.70. The molecule has 1 fully saturated rings.